The van der Waals surface area contributed by atoms with Gasteiger partial charge in [0, 0.05) is 36.8 Å². The number of benzene rings is 1. The van der Waals surface area contributed by atoms with Crippen LogP contribution < -0.4 is 5.69 Å². The number of halogens is 4. The summed E-state index contributed by atoms with van der Waals surface area (Å²) < 4.78 is 56.5. The maximum absolute atomic E-state index is 14.6. The van der Waals surface area contributed by atoms with Crippen molar-refractivity contribution in [2.24, 2.45) is 7.05 Å². The summed E-state index contributed by atoms with van der Waals surface area (Å²) in [6.07, 6.45) is -0.345. The average molecular weight is 402 g/mol. The minimum Gasteiger partial charge on any atom is -0.286 e. The summed E-state index contributed by atoms with van der Waals surface area (Å²) in [5.74, 6) is -1.38. The molecule has 0 saturated heterocycles. The summed E-state index contributed by atoms with van der Waals surface area (Å²) in [7, 11) is 1.54. The van der Waals surface area contributed by atoms with Gasteiger partial charge < -0.3 is 0 Å². The van der Waals surface area contributed by atoms with E-state index in [0.717, 1.165) is 11.6 Å². The van der Waals surface area contributed by atoms with Crippen molar-refractivity contribution in [3.05, 3.63) is 82.4 Å². The van der Waals surface area contributed by atoms with Gasteiger partial charge in [0.15, 0.2) is 5.65 Å². The van der Waals surface area contributed by atoms with Gasteiger partial charge in [-0.2, -0.15) is 13.2 Å². The van der Waals surface area contributed by atoms with E-state index in [0.29, 0.717) is 17.2 Å². The molecule has 0 unspecified atom stereocenters. The number of alkyl halides is 3. The molecule has 4 aromatic rings. The van der Waals surface area contributed by atoms with E-state index < -0.39 is 17.6 Å². The molecule has 0 spiro atoms. The fraction of sp³-hybridized carbons (Fsp3) is 0.150. The van der Waals surface area contributed by atoms with Gasteiger partial charge >= 0.3 is 11.9 Å². The van der Waals surface area contributed by atoms with Gasteiger partial charge in [0.05, 0.1) is 17.6 Å². The lowest BCUT2D eigenvalue weighted by molar-refractivity contribution is -0.139. The van der Waals surface area contributed by atoms with Crippen molar-refractivity contribution >= 4 is 11.2 Å². The van der Waals surface area contributed by atoms with E-state index >= 15 is 0 Å². The van der Waals surface area contributed by atoms with Crippen LogP contribution in [0, 0.1) is 5.82 Å². The second kappa shape index (κ2) is 6.84. The number of hydrogen-bond acceptors (Lipinski definition) is 3. The maximum Gasteiger partial charge on any atom is 0.419 e. The highest BCUT2D eigenvalue weighted by atomic mass is 19.4. The Hall–Kier alpha value is -3.49. The molecular weight excluding hydrogens is 388 g/mol. The van der Waals surface area contributed by atoms with Gasteiger partial charge in [0.2, 0.25) is 0 Å². The van der Waals surface area contributed by atoms with Gasteiger partial charge in [-0.1, -0.05) is 18.2 Å². The molecule has 3 heterocycles. The van der Waals surface area contributed by atoms with Crippen molar-refractivity contribution in [2.45, 2.75) is 12.7 Å². The van der Waals surface area contributed by atoms with E-state index in [1.165, 1.54) is 27.5 Å². The molecule has 0 saturated carbocycles. The van der Waals surface area contributed by atoms with Crippen LogP contribution in [0.3, 0.4) is 0 Å². The molecule has 0 aliphatic carbocycles. The summed E-state index contributed by atoms with van der Waals surface area (Å²) in [5.41, 5.74) is -0.303. The number of nitrogens with zero attached hydrogens (tertiary/aromatic N) is 4. The predicted molar refractivity (Wildman–Crippen MR) is 98.7 cm³/mol. The number of aryl methyl sites for hydroxylation is 1. The number of pyridine rings is 2. The predicted octanol–water partition coefficient (Wildman–Crippen LogP) is 4.00. The van der Waals surface area contributed by atoms with Gasteiger partial charge in [-0.15, -0.1) is 0 Å². The molecular formula is C20H14F4N4O. The Morgan fingerprint density at radius 1 is 1.10 bits per heavy atom. The van der Waals surface area contributed by atoms with Gasteiger partial charge in [-0.3, -0.25) is 14.1 Å². The van der Waals surface area contributed by atoms with Crippen molar-refractivity contribution in [3.63, 3.8) is 0 Å². The molecule has 0 fully saturated rings. The average Bonchev–Trinajstić information content (AvgIpc) is 2.92. The maximum atomic E-state index is 14.6. The fourth-order valence-corrected chi connectivity index (χ4v) is 3.23. The van der Waals surface area contributed by atoms with Crippen LogP contribution in [0.5, 0.6) is 0 Å². The highest BCUT2D eigenvalue weighted by Crippen LogP contribution is 2.35. The second-order valence-electron chi connectivity index (χ2n) is 6.52. The number of imidazole rings is 1. The molecule has 0 radical (unpaired) electrons. The third-order valence-electron chi connectivity index (χ3n) is 4.65. The minimum absolute atomic E-state index is 0.145. The molecule has 0 atom stereocenters. The van der Waals surface area contributed by atoms with Gasteiger partial charge in [-0.25, -0.2) is 14.2 Å². The summed E-state index contributed by atoms with van der Waals surface area (Å²) in [4.78, 5) is 20.8. The van der Waals surface area contributed by atoms with Crippen LogP contribution in [0.25, 0.3) is 22.3 Å². The fourth-order valence-electron chi connectivity index (χ4n) is 3.23. The first-order valence-electron chi connectivity index (χ1n) is 8.57. The van der Waals surface area contributed by atoms with Crippen molar-refractivity contribution in [1.29, 1.82) is 0 Å². The normalized spacial score (nSPS) is 11.9. The molecule has 5 nitrogen and oxygen atoms in total. The van der Waals surface area contributed by atoms with Crippen LogP contribution in [-0.2, 0) is 19.8 Å². The Morgan fingerprint density at radius 3 is 2.59 bits per heavy atom. The number of hydrogen-bond donors (Lipinski definition) is 0. The zero-order valence-corrected chi connectivity index (χ0v) is 15.1. The number of aromatic nitrogens is 4. The molecule has 9 heteroatoms. The second-order valence-corrected chi connectivity index (χ2v) is 6.52. The highest BCUT2D eigenvalue weighted by Gasteiger charge is 2.35. The lowest BCUT2D eigenvalue weighted by Gasteiger charge is -2.11. The third kappa shape index (κ3) is 3.28. The topological polar surface area (TPSA) is 52.7 Å². The molecule has 0 amide bonds. The molecule has 0 aliphatic rings. The van der Waals surface area contributed by atoms with Crippen LogP contribution in [0.4, 0.5) is 17.6 Å². The Labute approximate surface area is 161 Å². The van der Waals surface area contributed by atoms with Crippen LogP contribution in [0.1, 0.15) is 11.1 Å². The zero-order chi connectivity index (χ0) is 20.8. The van der Waals surface area contributed by atoms with E-state index in [4.69, 9.17) is 0 Å². The molecule has 4 rings (SSSR count). The first kappa shape index (κ1) is 18.9. The largest absolute Gasteiger partial charge is 0.419 e. The van der Waals surface area contributed by atoms with Gasteiger partial charge in [0.1, 0.15) is 5.82 Å². The zero-order valence-electron chi connectivity index (χ0n) is 15.1. The summed E-state index contributed by atoms with van der Waals surface area (Å²) in [5, 5.41) is 0. The van der Waals surface area contributed by atoms with Crippen molar-refractivity contribution in [3.8, 4) is 11.1 Å². The van der Waals surface area contributed by atoms with Gasteiger partial charge in [-0.05, 0) is 23.8 Å². The van der Waals surface area contributed by atoms with Crippen molar-refractivity contribution < 1.29 is 17.6 Å². The first-order chi connectivity index (χ1) is 13.8. The molecule has 1 aromatic carbocycles. The Morgan fingerprint density at radius 2 is 1.90 bits per heavy atom. The van der Waals surface area contributed by atoms with E-state index in [2.05, 4.69) is 9.97 Å². The summed E-state index contributed by atoms with van der Waals surface area (Å²) >= 11 is 0. The third-order valence-corrected chi connectivity index (χ3v) is 4.65. The smallest absolute Gasteiger partial charge is 0.286 e. The molecule has 148 valence electrons. The van der Waals surface area contributed by atoms with Crippen molar-refractivity contribution in [2.75, 3.05) is 0 Å². The standard InChI is InChI=1S/C20H14F4N4O/c1-27-18-16(28(19(27)29)11-12-4-3-7-25-9-12)8-13(10-26-18)14-5-2-6-15(17(14)21)20(22,23)24/h2-10H,11H2,1H3. The quantitative estimate of drug-likeness (QED) is 0.487. The lowest BCUT2D eigenvalue weighted by Crippen LogP contribution is -2.22. The number of fused-ring (bicyclic) bond motifs is 1. The monoisotopic (exact) mass is 402 g/mol. The Bertz CT molecular complexity index is 1260. The van der Waals surface area contributed by atoms with E-state index in [1.807, 2.05) is 0 Å². The minimum atomic E-state index is -4.81. The Balaban J connectivity index is 1.89. The van der Waals surface area contributed by atoms with Crippen LogP contribution in [0.2, 0.25) is 0 Å². The van der Waals surface area contributed by atoms with Gasteiger partial charge in [0.25, 0.3) is 0 Å². The van der Waals surface area contributed by atoms with Crippen LogP contribution in [-0.4, -0.2) is 19.1 Å². The Kier molecular flexibility index (Phi) is 4.45. The molecule has 0 bridgehead atoms. The van der Waals surface area contributed by atoms with Crippen LogP contribution in [0.15, 0.2) is 59.8 Å². The SMILES string of the molecule is Cn1c(=O)n(Cc2cccnc2)c2cc(-c3cccc(C(F)(F)F)c3F)cnc21. The highest BCUT2D eigenvalue weighted by molar-refractivity contribution is 5.79. The summed E-state index contributed by atoms with van der Waals surface area (Å²) in [6.45, 7) is 0.195. The number of rotatable bonds is 3. The van der Waals surface area contributed by atoms with Crippen molar-refractivity contribution in [1.82, 2.24) is 19.1 Å². The van der Waals surface area contributed by atoms with Crippen LogP contribution >= 0.6 is 0 Å². The summed E-state index contributed by atoms with van der Waals surface area (Å²) in [6, 6.07) is 8.07. The van der Waals surface area contributed by atoms with E-state index in [9.17, 15) is 22.4 Å². The molecule has 0 aliphatic heterocycles. The first-order valence-corrected chi connectivity index (χ1v) is 8.57. The molecule has 29 heavy (non-hydrogen) atoms. The van der Waals surface area contributed by atoms with E-state index in [1.54, 1.807) is 31.6 Å². The molecule has 3 aromatic heterocycles. The molecule has 0 N–H and O–H groups in total. The van der Waals surface area contributed by atoms with E-state index in [-0.39, 0.29) is 23.4 Å². The lowest BCUT2D eigenvalue weighted by atomic mass is 10.0.